The Labute approximate surface area is 129 Å². The van der Waals surface area contributed by atoms with E-state index in [1.54, 1.807) is 12.1 Å². The molecule has 21 heavy (non-hydrogen) atoms. The Hall–Kier alpha value is -1.47. The van der Waals surface area contributed by atoms with Crippen LogP contribution in [0.3, 0.4) is 0 Å². The molecule has 0 aliphatic carbocycles. The van der Waals surface area contributed by atoms with Crippen molar-refractivity contribution in [2.45, 2.75) is 26.2 Å². The molecule has 0 saturated heterocycles. The van der Waals surface area contributed by atoms with Gasteiger partial charge in [0.1, 0.15) is 16.2 Å². The van der Waals surface area contributed by atoms with E-state index in [4.69, 9.17) is 0 Å². The van der Waals surface area contributed by atoms with E-state index in [0.717, 1.165) is 42.2 Å². The first-order chi connectivity index (χ1) is 10.1. The number of rotatable bonds is 4. The molecule has 1 aromatic heterocycles. The highest BCUT2D eigenvalue weighted by Gasteiger charge is 2.18. The van der Waals surface area contributed by atoms with Crippen LogP contribution >= 0.6 is 15.9 Å². The number of imidazole rings is 1. The molecule has 7 heteroatoms. The van der Waals surface area contributed by atoms with Crippen LogP contribution in [0.2, 0.25) is 0 Å². The molecule has 1 aliphatic rings. The van der Waals surface area contributed by atoms with E-state index >= 15 is 0 Å². The topological polar surface area (TPSA) is 30.3 Å². The number of alkyl halides is 2. The van der Waals surface area contributed by atoms with Crippen molar-refractivity contribution in [2.24, 2.45) is 0 Å². The largest absolute Gasteiger partial charge is 0.435 e. The summed E-state index contributed by atoms with van der Waals surface area (Å²) < 4.78 is 31.7. The molecule has 0 fully saturated rings. The summed E-state index contributed by atoms with van der Waals surface area (Å²) in [4.78, 5) is 6.64. The Morgan fingerprint density at radius 3 is 2.71 bits per heavy atom. The summed E-state index contributed by atoms with van der Waals surface area (Å²) in [5.74, 6) is 1.22. The predicted octanol–water partition coefficient (Wildman–Crippen LogP) is 3.26. The lowest BCUT2D eigenvalue weighted by Gasteiger charge is -2.28. The van der Waals surface area contributed by atoms with Gasteiger partial charge in [-0.3, -0.25) is 4.90 Å². The van der Waals surface area contributed by atoms with Crippen molar-refractivity contribution in [3.05, 3.63) is 46.5 Å². The van der Waals surface area contributed by atoms with Crippen molar-refractivity contribution in [1.82, 2.24) is 14.5 Å². The fourth-order valence-electron chi connectivity index (χ4n) is 2.44. The normalized spacial score (nSPS) is 15.2. The molecule has 0 unspecified atom stereocenters. The van der Waals surface area contributed by atoms with E-state index in [2.05, 4.69) is 35.1 Å². The van der Waals surface area contributed by atoms with Crippen LogP contribution in [0.5, 0.6) is 5.75 Å². The Balaban J connectivity index is 1.62. The third-order valence-electron chi connectivity index (χ3n) is 3.45. The molecule has 1 aliphatic heterocycles. The van der Waals surface area contributed by atoms with Crippen LogP contribution in [-0.2, 0) is 19.6 Å². The second-order valence-electron chi connectivity index (χ2n) is 4.88. The summed E-state index contributed by atoms with van der Waals surface area (Å²) in [6.45, 7) is 0.579. The molecule has 0 N–H and O–H groups in total. The molecule has 0 atom stereocenters. The van der Waals surface area contributed by atoms with Crippen LogP contribution in [0.1, 0.15) is 11.4 Å². The van der Waals surface area contributed by atoms with Gasteiger partial charge in [0.2, 0.25) is 0 Å². The quantitative estimate of drug-likeness (QED) is 0.841. The van der Waals surface area contributed by atoms with Gasteiger partial charge in [-0.2, -0.15) is 8.78 Å². The van der Waals surface area contributed by atoms with Gasteiger partial charge in [-0.05, 0) is 33.6 Å². The van der Waals surface area contributed by atoms with Crippen molar-refractivity contribution in [2.75, 3.05) is 6.54 Å². The van der Waals surface area contributed by atoms with Crippen molar-refractivity contribution in [1.29, 1.82) is 0 Å². The lowest BCUT2D eigenvalue weighted by atomic mass is 10.2. The molecule has 1 aromatic carbocycles. The summed E-state index contributed by atoms with van der Waals surface area (Å²) in [6.07, 6.45) is 1.81. The number of halogens is 3. The predicted molar refractivity (Wildman–Crippen MR) is 77.1 cm³/mol. The molecule has 2 aromatic rings. The molecule has 0 amide bonds. The van der Waals surface area contributed by atoms with Gasteiger partial charge in [-0.25, -0.2) is 4.98 Å². The molecule has 0 bridgehead atoms. The number of fused-ring (bicyclic) bond motifs is 1. The van der Waals surface area contributed by atoms with E-state index in [-0.39, 0.29) is 5.75 Å². The minimum Gasteiger partial charge on any atom is -0.435 e. The first-order valence-electron chi connectivity index (χ1n) is 6.58. The average molecular weight is 358 g/mol. The average Bonchev–Trinajstić information content (AvgIpc) is 2.82. The van der Waals surface area contributed by atoms with E-state index in [1.807, 2.05) is 18.3 Å². The third-order valence-corrected chi connectivity index (χ3v) is 4.08. The molecular weight excluding hydrogens is 344 g/mol. The number of ether oxygens (including phenoxy) is 1. The number of aromatic nitrogens is 2. The van der Waals surface area contributed by atoms with Gasteiger partial charge in [-0.15, -0.1) is 0 Å². The summed E-state index contributed by atoms with van der Waals surface area (Å²) in [5.41, 5.74) is 1.07. The molecule has 0 radical (unpaired) electrons. The van der Waals surface area contributed by atoms with Crippen LogP contribution in [0.25, 0.3) is 0 Å². The first-order valence-corrected chi connectivity index (χ1v) is 7.37. The van der Waals surface area contributed by atoms with Gasteiger partial charge < -0.3 is 9.30 Å². The highest BCUT2D eigenvalue weighted by atomic mass is 79.9. The van der Waals surface area contributed by atoms with E-state index in [0.29, 0.717) is 0 Å². The van der Waals surface area contributed by atoms with Crippen LogP contribution in [0.4, 0.5) is 8.78 Å². The van der Waals surface area contributed by atoms with Gasteiger partial charge in [-0.1, -0.05) is 12.1 Å². The Bertz CT molecular complexity index is 615. The van der Waals surface area contributed by atoms with Gasteiger partial charge in [0.05, 0.1) is 12.7 Å². The van der Waals surface area contributed by atoms with Crippen LogP contribution < -0.4 is 4.74 Å². The molecular formula is C14H14BrF2N3O. The molecule has 2 heterocycles. The molecule has 0 spiro atoms. The second-order valence-corrected chi connectivity index (χ2v) is 5.69. The summed E-state index contributed by atoms with van der Waals surface area (Å²) >= 11 is 3.47. The maximum absolute atomic E-state index is 12.1. The summed E-state index contributed by atoms with van der Waals surface area (Å²) in [5, 5.41) is 0. The Morgan fingerprint density at radius 2 is 2.00 bits per heavy atom. The molecule has 0 saturated carbocycles. The lowest BCUT2D eigenvalue weighted by Crippen LogP contribution is -2.33. The second kappa shape index (κ2) is 6.11. The number of nitrogens with zero attached hydrogens (tertiary/aromatic N) is 3. The highest BCUT2D eigenvalue weighted by molar-refractivity contribution is 9.10. The number of hydrogen-bond acceptors (Lipinski definition) is 3. The third kappa shape index (κ3) is 3.41. The fraction of sp³-hybridized carbons (Fsp3) is 0.357. The monoisotopic (exact) mass is 357 g/mol. The SMILES string of the molecule is FC(F)Oc1ccc(CN2CCn3c(Br)cnc3C2)cc1. The zero-order valence-corrected chi connectivity index (χ0v) is 12.8. The van der Waals surface area contributed by atoms with Crippen LogP contribution in [-0.4, -0.2) is 27.6 Å². The van der Waals surface area contributed by atoms with Crippen molar-refractivity contribution < 1.29 is 13.5 Å². The van der Waals surface area contributed by atoms with Crippen molar-refractivity contribution >= 4 is 15.9 Å². The van der Waals surface area contributed by atoms with Crippen molar-refractivity contribution in [3.8, 4) is 5.75 Å². The molecule has 112 valence electrons. The minimum atomic E-state index is -2.78. The summed E-state index contributed by atoms with van der Waals surface area (Å²) in [7, 11) is 0. The first kappa shape index (κ1) is 14.5. The zero-order valence-electron chi connectivity index (χ0n) is 11.2. The highest BCUT2D eigenvalue weighted by Crippen LogP contribution is 2.21. The zero-order chi connectivity index (χ0) is 14.8. The fourth-order valence-corrected chi connectivity index (χ4v) is 2.93. The van der Waals surface area contributed by atoms with Gasteiger partial charge in [0.25, 0.3) is 0 Å². The maximum Gasteiger partial charge on any atom is 0.387 e. The van der Waals surface area contributed by atoms with Gasteiger partial charge in [0.15, 0.2) is 0 Å². The lowest BCUT2D eigenvalue weighted by molar-refractivity contribution is -0.0498. The van der Waals surface area contributed by atoms with E-state index < -0.39 is 6.61 Å². The Morgan fingerprint density at radius 1 is 1.24 bits per heavy atom. The Kier molecular flexibility index (Phi) is 4.21. The molecule has 4 nitrogen and oxygen atoms in total. The van der Waals surface area contributed by atoms with Gasteiger partial charge >= 0.3 is 6.61 Å². The van der Waals surface area contributed by atoms with Crippen molar-refractivity contribution in [3.63, 3.8) is 0 Å². The van der Waals surface area contributed by atoms with Crippen LogP contribution in [0.15, 0.2) is 35.1 Å². The number of hydrogen-bond donors (Lipinski definition) is 0. The van der Waals surface area contributed by atoms with Crippen LogP contribution in [0, 0.1) is 0 Å². The molecule has 3 rings (SSSR count). The maximum atomic E-state index is 12.1. The smallest absolute Gasteiger partial charge is 0.387 e. The van der Waals surface area contributed by atoms with E-state index in [1.165, 1.54) is 0 Å². The number of benzene rings is 1. The van der Waals surface area contributed by atoms with E-state index in [9.17, 15) is 8.78 Å². The minimum absolute atomic E-state index is 0.187. The van der Waals surface area contributed by atoms with Gasteiger partial charge in [0, 0.05) is 19.6 Å². The summed E-state index contributed by atoms with van der Waals surface area (Å²) in [6, 6.07) is 6.77. The standard InChI is InChI=1S/C14H14BrF2N3O/c15-12-7-18-13-9-19(5-6-20(12)13)8-10-1-3-11(4-2-10)21-14(16)17/h1-4,7,14H,5-6,8-9H2.